The Kier molecular flexibility index (Phi) is 4.33. The van der Waals surface area contributed by atoms with Crippen molar-refractivity contribution in [3.05, 3.63) is 29.8 Å². The number of amides is 4. The van der Waals surface area contributed by atoms with Gasteiger partial charge >= 0.3 is 6.03 Å². The number of likely N-dealkylation sites (N-methyl/N-ethyl adjacent to an activating group) is 1. The Morgan fingerprint density at radius 3 is 2.82 bits per heavy atom. The number of urea groups is 1. The second kappa shape index (κ2) is 6.47. The first-order valence-electron chi connectivity index (χ1n) is 9.06. The zero-order chi connectivity index (χ0) is 20.1. The Balaban J connectivity index is 1.54. The molecule has 9 nitrogen and oxygen atoms in total. The number of rotatable bonds is 3. The smallest absolute Gasteiger partial charge is 0.325 e. The van der Waals surface area contributed by atoms with Gasteiger partial charge in [-0.25, -0.2) is 13.2 Å². The number of carbonyl (C=O) groups excluding carboxylic acids is 3. The predicted molar refractivity (Wildman–Crippen MR) is 98.3 cm³/mol. The number of sulfone groups is 1. The van der Waals surface area contributed by atoms with Crippen LogP contribution in [0.4, 0.5) is 4.79 Å². The summed E-state index contributed by atoms with van der Waals surface area (Å²) in [5, 5.41) is 2.74. The van der Waals surface area contributed by atoms with Gasteiger partial charge in [0.1, 0.15) is 12.3 Å². The van der Waals surface area contributed by atoms with E-state index in [1.807, 2.05) is 0 Å². The number of nitrogens with zero attached hydrogens (tertiary/aromatic N) is 2. The fourth-order valence-corrected chi connectivity index (χ4v) is 5.82. The van der Waals surface area contributed by atoms with Gasteiger partial charge in [-0.1, -0.05) is 18.2 Å². The summed E-state index contributed by atoms with van der Waals surface area (Å²) in [5.74, 6) is -0.483. The van der Waals surface area contributed by atoms with Crippen molar-refractivity contribution in [3.63, 3.8) is 0 Å². The number of fused-ring (bicyclic) bond motifs is 2. The average molecular weight is 407 g/mol. The van der Waals surface area contributed by atoms with Crippen molar-refractivity contribution in [1.82, 2.24) is 15.1 Å². The molecular weight excluding hydrogens is 386 g/mol. The SMILES string of the molecule is CN(C(=O)CN1C(=O)N[C@]2(CCOc3ccccc32)C1=O)[C@@H]1CCS(=O)(=O)C1. The van der Waals surface area contributed by atoms with Crippen LogP contribution >= 0.6 is 0 Å². The average Bonchev–Trinajstić information content (AvgIpc) is 3.14. The molecule has 10 heteroatoms. The van der Waals surface area contributed by atoms with E-state index in [1.165, 1.54) is 11.9 Å². The summed E-state index contributed by atoms with van der Waals surface area (Å²) in [4.78, 5) is 40.6. The van der Waals surface area contributed by atoms with Gasteiger partial charge in [-0.3, -0.25) is 14.5 Å². The van der Waals surface area contributed by atoms with Crippen LogP contribution in [-0.2, 0) is 25.0 Å². The summed E-state index contributed by atoms with van der Waals surface area (Å²) >= 11 is 0. The minimum absolute atomic E-state index is 0.0400. The van der Waals surface area contributed by atoms with Crippen LogP contribution in [0.1, 0.15) is 18.4 Å². The van der Waals surface area contributed by atoms with E-state index in [-0.39, 0.29) is 24.5 Å². The molecular formula is C18H21N3O6S. The molecule has 2 fully saturated rings. The van der Waals surface area contributed by atoms with E-state index in [4.69, 9.17) is 4.74 Å². The Labute approximate surface area is 162 Å². The molecule has 1 aromatic rings. The van der Waals surface area contributed by atoms with E-state index < -0.39 is 45.8 Å². The summed E-state index contributed by atoms with van der Waals surface area (Å²) in [6.07, 6.45) is 0.634. The van der Waals surface area contributed by atoms with E-state index in [1.54, 1.807) is 24.3 Å². The maximum Gasteiger partial charge on any atom is 0.325 e. The molecule has 0 bridgehead atoms. The van der Waals surface area contributed by atoms with Crippen molar-refractivity contribution in [2.75, 3.05) is 31.7 Å². The number of nitrogens with one attached hydrogen (secondary N) is 1. The standard InChI is InChI=1S/C18H21N3O6S/c1-20(12-6-9-28(25,26)11-12)15(22)10-21-16(23)18(19-17(21)24)7-8-27-14-5-3-2-4-13(14)18/h2-5,12H,6-11H2,1H3,(H,19,24)/t12-,18+/m1/s1. The lowest BCUT2D eigenvalue weighted by Gasteiger charge is -2.33. The number of benzene rings is 1. The van der Waals surface area contributed by atoms with E-state index in [0.717, 1.165) is 4.90 Å². The van der Waals surface area contributed by atoms with Crippen LogP contribution in [0.15, 0.2) is 24.3 Å². The number of hydrogen-bond donors (Lipinski definition) is 1. The molecule has 3 aliphatic heterocycles. The molecule has 0 aromatic heterocycles. The molecule has 1 aromatic carbocycles. The molecule has 1 spiro atoms. The zero-order valence-corrected chi connectivity index (χ0v) is 16.2. The minimum atomic E-state index is -3.15. The van der Waals surface area contributed by atoms with Gasteiger partial charge in [0.05, 0.1) is 18.1 Å². The Morgan fingerprint density at radius 2 is 2.11 bits per heavy atom. The van der Waals surface area contributed by atoms with E-state index in [0.29, 0.717) is 17.7 Å². The summed E-state index contributed by atoms with van der Waals surface area (Å²) in [5.41, 5.74) is -0.661. The van der Waals surface area contributed by atoms with Crippen molar-refractivity contribution in [2.45, 2.75) is 24.4 Å². The Hall–Kier alpha value is -2.62. The van der Waals surface area contributed by atoms with Crippen LogP contribution < -0.4 is 10.1 Å². The van der Waals surface area contributed by atoms with Crippen molar-refractivity contribution in [1.29, 1.82) is 0 Å². The number of ether oxygens (including phenoxy) is 1. The Bertz CT molecular complexity index is 962. The maximum absolute atomic E-state index is 13.2. The Morgan fingerprint density at radius 1 is 1.36 bits per heavy atom. The lowest BCUT2D eigenvalue weighted by molar-refractivity contribution is -0.139. The van der Waals surface area contributed by atoms with Gasteiger partial charge in [-0.15, -0.1) is 0 Å². The highest BCUT2D eigenvalue weighted by atomic mass is 32.2. The molecule has 0 saturated carbocycles. The first kappa shape index (κ1) is 18.7. The molecule has 2 saturated heterocycles. The van der Waals surface area contributed by atoms with Gasteiger partial charge in [0.15, 0.2) is 15.4 Å². The van der Waals surface area contributed by atoms with E-state index in [9.17, 15) is 22.8 Å². The van der Waals surface area contributed by atoms with Gasteiger partial charge in [-0.05, 0) is 12.5 Å². The summed E-state index contributed by atoms with van der Waals surface area (Å²) < 4.78 is 28.9. The first-order valence-corrected chi connectivity index (χ1v) is 10.9. The van der Waals surface area contributed by atoms with E-state index >= 15 is 0 Å². The summed E-state index contributed by atoms with van der Waals surface area (Å²) in [7, 11) is -1.64. The van der Waals surface area contributed by atoms with Crippen molar-refractivity contribution in [3.8, 4) is 5.75 Å². The fourth-order valence-electron chi connectivity index (χ4n) is 4.05. The normalized spacial score (nSPS) is 28.0. The molecule has 4 rings (SSSR count). The van der Waals surface area contributed by atoms with Crippen LogP contribution in [-0.4, -0.2) is 73.8 Å². The second-order valence-electron chi connectivity index (χ2n) is 7.38. The van der Waals surface area contributed by atoms with Gasteiger partial charge < -0.3 is 15.0 Å². The number of hydrogen-bond acceptors (Lipinski definition) is 6. The van der Waals surface area contributed by atoms with Crippen molar-refractivity contribution < 1.29 is 27.5 Å². The van der Waals surface area contributed by atoms with Gasteiger partial charge in [0.25, 0.3) is 5.91 Å². The second-order valence-corrected chi connectivity index (χ2v) is 9.61. The van der Waals surface area contributed by atoms with Crippen LogP contribution in [0.3, 0.4) is 0 Å². The third kappa shape index (κ3) is 2.92. The topological polar surface area (TPSA) is 113 Å². The molecule has 0 aliphatic carbocycles. The first-order chi connectivity index (χ1) is 13.2. The van der Waals surface area contributed by atoms with Gasteiger partial charge in [0, 0.05) is 25.1 Å². The van der Waals surface area contributed by atoms with Crippen molar-refractivity contribution >= 4 is 27.7 Å². The summed E-state index contributed by atoms with van der Waals surface area (Å²) in [6.45, 7) is -0.160. The third-order valence-corrected chi connectivity index (χ3v) is 7.45. The molecule has 1 N–H and O–H groups in total. The third-order valence-electron chi connectivity index (χ3n) is 5.70. The molecule has 0 unspecified atom stereocenters. The molecule has 28 heavy (non-hydrogen) atoms. The van der Waals surface area contributed by atoms with Crippen LogP contribution in [0.5, 0.6) is 5.75 Å². The van der Waals surface area contributed by atoms with Crippen LogP contribution in [0, 0.1) is 0 Å². The molecule has 150 valence electrons. The van der Waals surface area contributed by atoms with Crippen molar-refractivity contribution in [2.24, 2.45) is 0 Å². The number of carbonyl (C=O) groups is 3. The lowest BCUT2D eigenvalue weighted by atomic mass is 9.84. The number of imide groups is 1. The molecule has 0 radical (unpaired) electrons. The molecule has 3 aliphatic rings. The summed E-state index contributed by atoms with van der Waals surface area (Å²) in [6, 6.07) is 5.94. The highest BCUT2D eigenvalue weighted by molar-refractivity contribution is 7.91. The predicted octanol–water partition coefficient (Wildman–Crippen LogP) is -0.138. The van der Waals surface area contributed by atoms with Gasteiger partial charge in [0.2, 0.25) is 5.91 Å². The largest absolute Gasteiger partial charge is 0.493 e. The number of para-hydroxylation sites is 1. The van der Waals surface area contributed by atoms with E-state index in [2.05, 4.69) is 5.32 Å². The van der Waals surface area contributed by atoms with Crippen LogP contribution in [0.2, 0.25) is 0 Å². The maximum atomic E-state index is 13.2. The molecule has 4 amide bonds. The van der Waals surface area contributed by atoms with Crippen LogP contribution in [0.25, 0.3) is 0 Å². The minimum Gasteiger partial charge on any atom is -0.493 e. The molecule has 3 heterocycles. The highest BCUT2D eigenvalue weighted by Gasteiger charge is 2.55. The quantitative estimate of drug-likeness (QED) is 0.698. The lowest BCUT2D eigenvalue weighted by Crippen LogP contribution is -2.49. The zero-order valence-electron chi connectivity index (χ0n) is 15.4. The highest BCUT2D eigenvalue weighted by Crippen LogP contribution is 2.40. The monoisotopic (exact) mass is 407 g/mol. The fraction of sp³-hybridized carbons (Fsp3) is 0.500. The van der Waals surface area contributed by atoms with Gasteiger partial charge in [-0.2, -0.15) is 0 Å². The molecule has 2 atom stereocenters.